The Morgan fingerprint density at radius 1 is 1.07 bits per heavy atom. The van der Waals surface area contributed by atoms with E-state index in [1.54, 1.807) is 11.1 Å². The molecule has 0 saturated heterocycles. The minimum absolute atomic E-state index is 0.690. The predicted octanol–water partition coefficient (Wildman–Crippen LogP) is 3.76. The summed E-state index contributed by atoms with van der Waals surface area (Å²) in [4.78, 5) is 0. The van der Waals surface area contributed by atoms with Gasteiger partial charge in [-0.15, -0.1) is 0 Å². The van der Waals surface area contributed by atoms with Gasteiger partial charge in [-0.2, -0.15) is 0 Å². The molecule has 0 radical (unpaired) electrons. The summed E-state index contributed by atoms with van der Waals surface area (Å²) in [7, 11) is 0. The van der Waals surface area contributed by atoms with Crippen molar-refractivity contribution in [1.82, 2.24) is 0 Å². The second-order valence-electron chi connectivity index (χ2n) is 4.51. The van der Waals surface area contributed by atoms with Crippen molar-refractivity contribution in [1.29, 1.82) is 0 Å². The Balaban J connectivity index is 2.21. The first-order chi connectivity index (χ1) is 6.75. The fraction of sp³-hybridized carbons (Fsp3) is 0.429. The molecular formula is C14H18. The van der Waals surface area contributed by atoms with Crippen LogP contribution in [0.2, 0.25) is 0 Å². The van der Waals surface area contributed by atoms with E-state index in [1.165, 1.54) is 24.8 Å². The summed E-state index contributed by atoms with van der Waals surface area (Å²) in [6.45, 7) is 4.51. The van der Waals surface area contributed by atoms with Gasteiger partial charge in [0, 0.05) is 0 Å². The van der Waals surface area contributed by atoms with E-state index in [9.17, 15) is 0 Å². The van der Waals surface area contributed by atoms with Gasteiger partial charge in [0.15, 0.2) is 0 Å². The minimum atomic E-state index is 0.690. The van der Waals surface area contributed by atoms with Crippen LogP contribution in [0.1, 0.15) is 31.4 Å². The van der Waals surface area contributed by atoms with Gasteiger partial charge in [0.1, 0.15) is 0 Å². The minimum Gasteiger partial charge on any atom is -0.0824 e. The van der Waals surface area contributed by atoms with Crippen molar-refractivity contribution in [2.24, 2.45) is 5.92 Å². The van der Waals surface area contributed by atoms with Crippen LogP contribution in [0.3, 0.4) is 0 Å². The number of aryl methyl sites for hydroxylation is 1. The maximum Gasteiger partial charge on any atom is -0.00642 e. The number of hydrogen-bond donors (Lipinski definition) is 0. The van der Waals surface area contributed by atoms with Gasteiger partial charge in [-0.3, -0.25) is 0 Å². The van der Waals surface area contributed by atoms with Crippen LogP contribution in [0.15, 0.2) is 35.9 Å². The molecule has 0 aliphatic heterocycles. The van der Waals surface area contributed by atoms with Crippen LogP contribution < -0.4 is 0 Å². The van der Waals surface area contributed by atoms with E-state index in [2.05, 4.69) is 44.2 Å². The first-order valence-corrected chi connectivity index (χ1v) is 5.52. The van der Waals surface area contributed by atoms with E-state index in [-0.39, 0.29) is 0 Å². The topological polar surface area (TPSA) is 0 Å². The monoisotopic (exact) mass is 186 g/mol. The van der Waals surface area contributed by atoms with Crippen molar-refractivity contribution in [2.45, 2.75) is 33.1 Å². The summed E-state index contributed by atoms with van der Waals surface area (Å²) < 4.78 is 0. The Kier molecular flexibility index (Phi) is 2.72. The molecular weight excluding hydrogens is 168 g/mol. The lowest BCUT2D eigenvalue weighted by atomic mass is 9.87. The molecule has 0 amide bonds. The van der Waals surface area contributed by atoms with Crippen LogP contribution in [0.5, 0.6) is 0 Å². The van der Waals surface area contributed by atoms with Crippen LogP contribution in [-0.4, -0.2) is 0 Å². The summed E-state index contributed by atoms with van der Waals surface area (Å²) in [6.07, 6.45) is 6.09. The number of hydrogen-bond acceptors (Lipinski definition) is 0. The summed E-state index contributed by atoms with van der Waals surface area (Å²) >= 11 is 0. The fourth-order valence-electron chi connectivity index (χ4n) is 2.22. The maximum absolute atomic E-state index is 2.43. The molecule has 1 aromatic rings. The molecule has 0 nitrogen and oxygen atoms in total. The molecule has 0 unspecified atom stereocenters. The van der Waals surface area contributed by atoms with Crippen molar-refractivity contribution in [3.63, 3.8) is 0 Å². The lowest BCUT2D eigenvalue weighted by molar-refractivity contribution is 0.770. The van der Waals surface area contributed by atoms with Crippen LogP contribution >= 0.6 is 0 Å². The van der Waals surface area contributed by atoms with E-state index in [1.807, 2.05) is 0 Å². The molecule has 0 heterocycles. The van der Waals surface area contributed by atoms with Gasteiger partial charge in [-0.05, 0) is 36.3 Å². The lowest BCUT2D eigenvalue weighted by Crippen LogP contribution is -2.05. The van der Waals surface area contributed by atoms with E-state index in [0.29, 0.717) is 5.92 Å². The van der Waals surface area contributed by atoms with Crippen molar-refractivity contribution >= 4 is 0 Å². The zero-order chi connectivity index (χ0) is 9.97. The highest BCUT2D eigenvalue weighted by Crippen LogP contribution is 2.25. The average Bonchev–Trinajstić information content (AvgIpc) is 2.17. The number of rotatable bonds is 1. The summed E-state index contributed by atoms with van der Waals surface area (Å²) in [5.41, 5.74) is 4.71. The molecule has 0 N–H and O–H groups in total. The standard InChI is InChI=1S/C14H18/c1-11(2)9-12-7-8-13-5-3-4-6-14(13)10-12/h3-6,9,11H,7-8,10H2,1-2H3. The highest BCUT2D eigenvalue weighted by Gasteiger charge is 2.11. The van der Waals surface area contributed by atoms with Gasteiger partial charge in [0.05, 0.1) is 0 Å². The first-order valence-electron chi connectivity index (χ1n) is 5.52. The molecule has 74 valence electrons. The van der Waals surface area contributed by atoms with Crippen molar-refractivity contribution in [3.8, 4) is 0 Å². The molecule has 14 heavy (non-hydrogen) atoms. The largest absolute Gasteiger partial charge is 0.0824 e. The molecule has 0 aromatic heterocycles. The van der Waals surface area contributed by atoms with E-state index < -0.39 is 0 Å². The van der Waals surface area contributed by atoms with Gasteiger partial charge in [-0.1, -0.05) is 49.8 Å². The van der Waals surface area contributed by atoms with Crippen LogP contribution in [0.4, 0.5) is 0 Å². The Morgan fingerprint density at radius 3 is 2.50 bits per heavy atom. The highest BCUT2D eigenvalue weighted by molar-refractivity contribution is 5.35. The van der Waals surface area contributed by atoms with Gasteiger partial charge >= 0.3 is 0 Å². The van der Waals surface area contributed by atoms with E-state index >= 15 is 0 Å². The van der Waals surface area contributed by atoms with Gasteiger partial charge < -0.3 is 0 Å². The second-order valence-corrected chi connectivity index (χ2v) is 4.51. The van der Waals surface area contributed by atoms with E-state index in [4.69, 9.17) is 0 Å². The van der Waals surface area contributed by atoms with Crippen molar-refractivity contribution in [2.75, 3.05) is 0 Å². The molecule has 0 atom stereocenters. The van der Waals surface area contributed by atoms with Crippen LogP contribution in [-0.2, 0) is 12.8 Å². The normalized spacial score (nSPS) is 18.6. The molecule has 0 fully saturated rings. The van der Waals surface area contributed by atoms with Gasteiger partial charge in [-0.25, -0.2) is 0 Å². The van der Waals surface area contributed by atoms with Gasteiger partial charge in [0.25, 0.3) is 0 Å². The smallest absolute Gasteiger partial charge is 0.00642 e. The molecule has 0 heteroatoms. The van der Waals surface area contributed by atoms with Crippen molar-refractivity contribution < 1.29 is 0 Å². The second kappa shape index (κ2) is 4.00. The third kappa shape index (κ3) is 2.06. The van der Waals surface area contributed by atoms with Crippen molar-refractivity contribution in [3.05, 3.63) is 47.0 Å². The number of benzene rings is 1. The molecule has 1 aliphatic rings. The average molecular weight is 186 g/mol. The summed E-state index contributed by atoms with van der Waals surface area (Å²) in [5, 5.41) is 0. The molecule has 2 rings (SSSR count). The van der Waals surface area contributed by atoms with Crippen LogP contribution in [0.25, 0.3) is 0 Å². The molecule has 0 saturated carbocycles. The molecule has 1 aromatic carbocycles. The zero-order valence-electron chi connectivity index (χ0n) is 9.09. The Labute approximate surface area is 86.7 Å². The lowest BCUT2D eigenvalue weighted by Gasteiger charge is -2.19. The Morgan fingerprint density at radius 2 is 1.79 bits per heavy atom. The van der Waals surface area contributed by atoms with Gasteiger partial charge in [0.2, 0.25) is 0 Å². The third-order valence-corrected chi connectivity index (χ3v) is 2.82. The first kappa shape index (κ1) is 9.51. The molecule has 0 spiro atoms. The summed E-state index contributed by atoms with van der Waals surface area (Å²) in [6, 6.07) is 8.83. The highest BCUT2D eigenvalue weighted by atomic mass is 14.2. The van der Waals surface area contributed by atoms with E-state index in [0.717, 1.165) is 0 Å². The molecule has 0 bridgehead atoms. The predicted molar refractivity (Wildman–Crippen MR) is 61.4 cm³/mol. The third-order valence-electron chi connectivity index (χ3n) is 2.82. The SMILES string of the molecule is CC(C)C=C1CCc2ccccc2C1. The quantitative estimate of drug-likeness (QED) is 0.586. The Hall–Kier alpha value is -1.04. The zero-order valence-corrected chi connectivity index (χ0v) is 9.09. The number of fused-ring (bicyclic) bond motifs is 1. The molecule has 1 aliphatic carbocycles. The summed E-state index contributed by atoms with van der Waals surface area (Å²) in [5.74, 6) is 0.690. The van der Waals surface area contributed by atoms with Crippen LogP contribution in [0, 0.1) is 5.92 Å². The fourth-order valence-corrected chi connectivity index (χ4v) is 2.22. The number of allylic oxidation sites excluding steroid dienone is 2. The Bertz CT molecular complexity index is 345. The maximum atomic E-state index is 2.43.